The van der Waals surface area contributed by atoms with E-state index in [9.17, 15) is 14.7 Å². The van der Waals surface area contributed by atoms with Gasteiger partial charge in [0.15, 0.2) is 6.04 Å². The summed E-state index contributed by atoms with van der Waals surface area (Å²) in [6, 6.07) is 9.52. The second-order valence-corrected chi connectivity index (χ2v) is 5.36. The number of carbonyl (C=O) groups excluding carboxylic acids is 1. The van der Waals surface area contributed by atoms with Crippen LogP contribution in [0.25, 0.3) is 0 Å². The Morgan fingerprint density at radius 1 is 1.29 bits per heavy atom. The zero-order chi connectivity index (χ0) is 15.2. The normalized spacial score (nSPS) is 11.7. The highest BCUT2D eigenvalue weighted by Gasteiger charge is 2.22. The molecule has 0 saturated heterocycles. The molecule has 1 heterocycles. The summed E-state index contributed by atoms with van der Waals surface area (Å²) in [5.41, 5.74) is 0.795. The molecule has 1 atom stereocenters. The van der Waals surface area contributed by atoms with E-state index in [4.69, 9.17) is 4.74 Å². The van der Waals surface area contributed by atoms with E-state index < -0.39 is 12.0 Å². The number of rotatable bonds is 6. The summed E-state index contributed by atoms with van der Waals surface area (Å²) in [6.45, 7) is 0. The van der Waals surface area contributed by atoms with Crippen molar-refractivity contribution in [2.75, 3.05) is 7.11 Å². The molecule has 1 aromatic heterocycles. The van der Waals surface area contributed by atoms with E-state index in [0.29, 0.717) is 10.6 Å². The number of nitrogens with one attached hydrogen (secondary N) is 1. The number of hydrogen-bond acceptors (Lipinski definition) is 4. The van der Waals surface area contributed by atoms with Crippen LogP contribution in [-0.2, 0) is 16.0 Å². The van der Waals surface area contributed by atoms with Gasteiger partial charge in [0.05, 0.1) is 13.5 Å². The Kier molecular flexibility index (Phi) is 4.94. The lowest BCUT2D eigenvalue weighted by Gasteiger charge is -2.13. The van der Waals surface area contributed by atoms with Gasteiger partial charge in [-0.15, -0.1) is 11.3 Å². The molecule has 2 aromatic rings. The minimum absolute atomic E-state index is 0.124. The first kappa shape index (κ1) is 15.1. The highest BCUT2D eigenvalue weighted by Crippen LogP contribution is 2.19. The van der Waals surface area contributed by atoms with Gasteiger partial charge in [0.1, 0.15) is 5.75 Å². The average molecular weight is 305 g/mol. The van der Waals surface area contributed by atoms with Crippen LogP contribution in [0.5, 0.6) is 5.75 Å². The third-order valence-electron chi connectivity index (χ3n) is 2.90. The van der Waals surface area contributed by atoms with E-state index in [1.807, 2.05) is 0 Å². The van der Waals surface area contributed by atoms with Crippen LogP contribution < -0.4 is 10.1 Å². The number of hydrogen-bond donors (Lipinski definition) is 2. The molecule has 0 aliphatic carbocycles. The van der Waals surface area contributed by atoms with E-state index in [0.717, 1.165) is 5.56 Å². The van der Waals surface area contributed by atoms with Gasteiger partial charge in [-0.3, -0.25) is 4.79 Å². The van der Waals surface area contributed by atoms with Gasteiger partial charge in [0.25, 0.3) is 0 Å². The maximum absolute atomic E-state index is 12.0. The first-order chi connectivity index (χ1) is 10.1. The zero-order valence-corrected chi connectivity index (χ0v) is 12.2. The summed E-state index contributed by atoms with van der Waals surface area (Å²) in [5, 5.41) is 13.5. The summed E-state index contributed by atoms with van der Waals surface area (Å²) >= 11 is 1.30. The minimum atomic E-state index is -1.07. The summed E-state index contributed by atoms with van der Waals surface area (Å²) in [5.74, 6) is -0.692. The van der Waals surface area contributed by atoms with Crippen LogP contribution >= 0.6 is 11.3 Å². The number of carboxylic acid groups (broad SMARTS) is 1. The van der Waals surface area contributed by atoms with Gasteiger partial charge in [0.2, 0.25) is 5.91 Å². The molecule has 21 heavy (non-hydrogen) atoms. The predicted molar refractivity (Wildman–Crippen MR) is 79.5 cm³/mol. The lowest BCUT2D eigenvalue weighted by molar-refractivity contribution is -0.141. The molecule has 1 amide bonds. The average Bonchev–Trinajstić information content (AvgIpc) is 2.99. The van der Waals surface area contributed by atoms with Crippen LogP contribution in [0.4, 0.5) is 0 Å². The molecule has 2 rings (SSSR count). The molecule has 0 radical (unpaired) electrons. The Bertz CT molecular complexity index is 607. The van der Waals surface area contributed by atoms with Crippen LogP contribution in [0.3, 0.4) is 0 Å². The Morgan fingerprint density at radius 3 is 2.52 bits per heavy atom. The molecule has 2 N–H and O–H groups in total. The van der Waals surface area contributed by atoms with Crippen LogP contribution in [-0.4, -0.2) is 24.1 Å². The van der Waals surface area contributed by atoms with E-state index >= 15 is 0 Å². The smallest absolute Gasteiger partial charge is 0.331 e. The van der Waals surface area contributed by atoms with Crippen molar-refractivity contribution >= 4 is 23.2 Å². The molecule has 6 heteroatoms. The maximum Gasteiger partial charge on any atom is 0.331 e. The summed E-state index contributed by atoms with van der Waals surface area (Å²) in [7, 11) is 1.57. The fraction of sp³-hybridized carbons (Fsp3) is 0.200. The number of thiophene rings is 1. The Morgan fingerprint density at radius 2 is 2.00 bits per heavy atom. The van der Waals surface area contributed by atoms with Crippen molar-refractivity contribution in [1.82, 2.24) is 5.32 Å². The standard InChI is InChI=1S/C15H15NO4S/c1-20-11-6-4-10(5-7-11)9-13(17)16-14(15(18)19)12-3-2-8-21-12/h2-8,14H,9H2,1H3,(H,16,17)(H,18,19). The number of benzene rings is 1. The van der Waals surface area contributed by atoms with Crippen molar-refractivity contribution in [3.8, 4) is 5.75 Å². The van der Waals surface area contributed by atoms with Gasteiger partial charge in [-0.2, -0.15) is 0 Å². The van der Waals surface area contributed by atoms with Gasteiger partial charge >= 0.3 is 5.97 Å². The van der Waals surface area contributed by atoms with Crippen molar-refractivity contribution < 1.29 is 19.4 Å². The van der Waals surface area contributed by atoms with Crippen LogP contribution in [0.1, 0.15) is 16.5 Å². The topological polar surface area (TPSA) is 75.6 Å². The van der Waals surface area contributed by atoms with E-state index in [2.05, 4.69) is 5.32 Å². The summed E-state index contributed by atoms with van der Waals surface area (Å²) < 4.78 is 5.04. The number of ether oxygens (including phenoxy) is 1. The van der Waals surface area contributed by atoms with Crippen molar-refractivity contribution in [2.24, 2.45) is 0 Å². The second kappa shape index (κ2) is 6.90. The molecule has 0 fully saturated rings. The Balaban J connectivity index is 2.00. The Hall–Kier alpha value is -2.34. The lowest BCUT2D eigenvalue weighted by atomic mass is 10.1. The molecule has 1 unspecified atom stereocenters. The monoisotopic (exact) mass is 305 g/mol. The number of aliphatic carboxylic acids is 1. The SMILES string of the molecule is COc1ccc(CC(=O)NC(C(=O)O)c2cccs2)cc1. The molecule has 0 aliphatic rings. The molecule has 0 aliphatic heterocycles. The van der Waals surface area contributed by atoms with Crippen molar-refractivity contribution in [2.45, 2.75) is 12.5 Å². The second-order valence-electron chi connectivity index (χ2n) is 4.38. The van der Waals surface area contributed by atoms with E-state index in [1.165, 1.54) is 11.3 Å². The minimum Gasteiger partial charge on any atom is -0.497 e. The first-order valence-electron chi connectivity index (χ1n) is 6.28. The largest absolute Gasteiger partial charge is 0.497 e. The fourth-order valence-corrected chi connectivity index (χ4v) is 2.62. The quantitative estimate of drug-likeness (QED) is 0.858. The number of carboxylic acids is 1. The molecule has 1 aromatic carbocycles. The third-order valence-corrected chi connectivity index (χ3v) is 3.84. The fourth-order valence-electron chi connectivity index (χ4n) is 1.85. The molecule has 110 valence electrons. The van der Waals surface area contributed by atoms with E-state index in [-0.39, 0.29) is 12.3 Å². The van der Waals surface area contributed by atoms with Crippen LogP contribution in [0.2, 0.25) is 0 Å². The molecule has 5 nitrogen and oxygen atoms in total. The predicted octanol–water partition coefficient (Wildman–Crippen LogP) is 2.24. The van der Waals surface area contributed by atoms with Crippen LogP contribution in [0, 0.1) is 0 Å². The zero-order valence-electron chi connectivity index (χ0n) is 11.4. The first-order valence-corrected chi connectivity index (χ1v) is 7.16. The maximum atomic E-state index is 12.0. The van der Waals surface area contributed by atoms with Crippen molar-refractivity contribution in [1.29, 1.82) is 0 Å². The molecule has 0 bridgehead atoms. The molecular formula is C15H15NO4S. The van der Waals surface area contributed by atoms with Crippen LogP contribution in [0.15, 0.2) is 41.8 Å². The van der Waals surface area contributed by atoms with Crippen molar-refractivity contribution in [3.63, 3.8) is 0 Å². The third kappa shape index (κ3) is 4.06. The summed E-state index contributed by atoms with van der Waals surface area (Å²) in [6.07, 6.45) is 0.124. The molecule has 0 spiro atoms. The molecular weight excluding hydrogens is 290 g/mol. The summed E-state index contributed by atoms with van der Waals surface area (Å²) in [4.78, 5) is 23.8. The van der Waals surface area contributed by atoms with Gasteiger partial charge in [-0.05, 0) is 29.1 Å². The number of methoxy groups -OCH3 is 1. The van der Waals surface area contributed by atoms with Gasteiger partial charge in [-0.1, -0.05) is 18.2 Å². The van der Waals surface area contributed by atoms with E-state index in [1.54, 1.807) is 48.9 Å². The van der Waals surface area contributed by atoms with Gasteiger partial charge in [-0.25, -0.2) is 4.79 Å². The highest BCUT2D eigenvalue weighted by molar-refractivity contribution is 7.10. The van der Waals surface area contributed by atoms with Gasteiger partial charge in [0, 0.05) is 4.88 Å². The highest BCUT2D eigenvalue weighted by atomic mass is 32.1. The van der Waals surface area contributed by atoms with Crippen molar-refractivity contribution in [3.05, 3.63) is 52.2 Å². The Labute approximate surface area is 126 Å². The number of amides is 1. The number of carbonyl (C=O) groups is 2. The van der Waals surface area contributed by atoms with Gasteiger partial charge < -0.3 is 15.2 Å². The lowest BCUT2D eigenvalue weighted by Crippen LogP contribution is -2.34. The molecule has 0 saturated carbocycles.